The standard InChI is InChI=1S/C12H21N3O/c1-5-10(13)7-11-6-8(2)14-12(15-11)9(3)16-4/h6,9-10H,5,7,13H2,1-4H3. The van der Waals surface area contributed by atoms with Crippen molar-refractivity contribution in [3.05, 3.63) is 23.3 Å². The highest BCUT2D eigenvalue weighted by atomic mass is 16.5. The monoisotopic (exact) mass is 223 g/mol. The van der Waals surface area contributed by atoms with Crippen molar-refractivity contribution in [1.29, 1.82) is 0 Å². The van der Waals surface area contributed by atoms with Crippen LogP contribution < -0.4 is 5.73 Å². The lowest BCUT2D eigenvalue weighted by Gasteiger charge is -2.12. The van der Waals surface area contributed by atoms with Crippen LogP contribution in [-0.4, -0.2) is 23.1 Å². The van der Waals surface area contributed by atoms with E-state index in [-0.39, 0.29) is 12.1 Å². The van der Waals surface area contributed by atoms with Crippen LogP contribution in [0.2, 0.25) is 0 Å². The van der Waals surface area contributed by atoms with Gasteiger partial charge in [-0.1, -0.05) is 6.92 Å². The van der Waals surface area contributed by atoms with E-state index in [4.69, 9.17) is 10.5 Å². The largest absolute Gasteiger partial charge is 0.374 e. The summed E-state index contributed by atoms with van der Waals surface area (Å²) in [5.41, 5.74) is 7.89. The smallest absolute Gasteiger partial charge is 0.157 e. The Bertz CT molecular complexity index is 341. The Morgan fingerprint density at radius 1 is 1.44 bits per heavy atom. The van der Waals surface area contributed by atoms with Crippen molar-refractivity contribution < 1.29 is 4.74 Å². The molecule has 0 aliphatic carbocycles. The number of methoxy groups -OCH3 is 1. The van der Waals surface area contributed by atoms with Crippen LogP contribution in [0.15, 0.2) is 6.07 Å². The quantitative estimate of drug-likeness (QED) is 0.826. The van der Waals surface area contributed by atoms with Crippen molar-refractivity contribution in [3.8, 4) is 0 Å². The van der Waals surface area contributed by atoms with Crippen LogP contribution in [0, 0.1) is 6.92 Å². The first kappa shape index (κ1) is 13.1. The number of nitrogens with two attached hydrogens (primary N) is 1. The zero-order valence-electron chi connectivity index (χ0n) is 10.5. The topological polar surface area (TPSA) is 61.0 Å². The minimum absolute atomic E-state index is 0.0727. The number of aryl methyl sites for hydroxylation is 1. The summed E-state index contributed by atoms with van der Waals surface area (Å²) in [7, 11) is 1.66. The highest BCUT2D eigenvalue weighted by Gasteiger charge is 2.11. The molecule has 0 amide bonds. The van der Waals surface area contributed by atoms with Crippen LogP contribution in [0.5, 0.6) is 0 Å². The summed E-state index contributed by atoms with van der Waals surface area (Å²) in [5.74, 6) is 0.737. The van der Waals surface area contributed by atoms with E-state index in [1.165, 1.54) is 0 Å². The second-order valence-corrected chi connectivity index (χ2v) is 4.11. The van der Waals surface area contributed by atoms with Gasteiger partial charge in [0.1, 0.15) is 6.10 Å². The summed E-state index contributed by atoms with van der Waals surface area (Å²) in [6, 6.07) is 2.15. The first-order valence-electron chi connectivity index (χ1n) is 5.69. The van der Waals surface area contributed by atoms with Crippen LogP contribution in [0.3, 0.4) is 0 Å². The van der Waals surface area contributed by atoms with E-state index in [2.05, 4.69) is 16.9 Å². The third kappa shape index (κ3) is 3.54. The normalized spacial score (nSPS) is 14.8. The molecule has 0 radical (unpaired) electrons. The highest BCUT2D eigenvalue weighted by molar-refractivity contribution is 5.12. The average Bonchev–Trinajstić information content (AvgIpc) is 2.27. The van der Waals surface area contributed by atoms with Crippen molar-refractivity contribution >= 4 is 0 Å². The van der Waals surface area contributed by atoms with Crippen LogP contribution in [0.25, 0.3) is 0 Å². The molecule has 1 aromatic rings. The molecule has 1 aromatic heterocycles. The summed E-state index contributed by atoms with van der Waals surface area (Å²) in [6.45, 7) is 5.99. The summed E-state index contributed by atoms with van der Waals surface area (Å²) >= 11 is 0. The van der Waals surface area contributed by atoms with Gasteiger partial charge >= 0.3 is 0 Å². The Balaban J connectivity index is 2.89. The molecule has 0 bridgehead atoms. The van der Waals surface area contributed by atoms with Gasteiger partial charge in [-0.3, -0.25) is 0 Å². The molecule has 2 N–H and O–H groups in total. The second kappa shape index (κ2) is 5.92. The second-order valence-electron chi connectivity index (χ2n) is 4.11. The fraction of sp³-hybridized carbons (Fsp3) is 0.667. The molecule has 0 aliphatic heterocycles. The number of nitrogens with zero attached hydrogens (tertiary/aromatic N) is 2. The van der Waals surface area contributed by atoms with E-state index in [0.717, 1.165) is 30.1 Å². The van der Waals surface area contributed by atoms with Crippen LogP contribution in [-0.2, 0) is 11.2 Å². The molecule has 16 heavy (non-hydrogen) atoms. The molecular formula is C12H21N3O. The van der Waals surface area contributed by atoms with Crippen molar-refractivity contribution in [2.75, 3.05) is 7.11 Å². The number of rotatable bonds is 5. The minimum atomic E-state index is -0.0727. The molecule has 90 valence electrons. The summed E-state index contributed by atoms with van der Waals surface area (Å²) in [6.07, 6.45) is 1.68. The Labute approximate surface area is 97.2 Å². The Morgan fingerprint density at radius 2 is 2.12 bits per heavy atom. The van der Waals surface area contributed by atoms with Gasteiger partial charge in [0.25, 0.3) is 0 Å². The van der Waals surface area contributed by atoms with Gasteiger partial charge in [0, 0.05) is 31.0 Å². The Morgan fingerprint density at radius 3 is 2.69 bits per heavy atom. The molecule has 4 heteroatoms. The minimum Gasteiger partial charge on any atom is -0.374 e. The van der Waals surface area contributed by atoms with Gasteiger partial charge in [0.15, 0.2) is 5.82 Å². The number of hydrogen-bond acceptors (Lipinski definition) is 4. The van der Waals surface area contributed by atoms with Gasteiger partial charge in [-0.15, -0.1) is 0 Å². The summed E-state index contributed by atoms with van der Waals surface area (Å²) < 4.78 is 5.22. The maximum Gasteiger partial charge on any atom is 0.157 e. The molecule has 0 aliphatic rings. The molecule has 1 heterocycles. The lowest BCUT2D eigenvalue weighted by molar-refractivity contribution is 0.111. The third-order valence-corrected chi connectivity index (χ3v) is 2.64. The SMILES string of the molecule is CCC(N)Cc1cc(C)nc(C(C)OC)n1. The van der Waals surface area contributed by atoms with E-state index in [9.17, 15) is 0 Å². The van der Waals surface area contributed by atoms with Crippen LogP contribution in [0.4, 0.5) is 0 Å². The molecule has 0 aromatic carbocycles. The van der Waals surface area contributed by atoms with Gasteiger partial charge in [-0.25, -0.2) is 9.97 Å². The molecule has 0 saturated carbocycles. The Hall–Kier alpha value is -1.00. The fourth-order valence-corrected chi connectivity index (χ4v) is 1.46. The van der Waals surface area contributed by atoms with Crippen molar-refractivity contribution in [2.24, 2.45) is 5.73 Å². The predicted molar refractivity (Wildman–Crippen MR) is 64.2 cm³/mol. The molecule has 0 fully saturated rings. The van der Waals surface area contributed by atoms with E-state index in [1.54, 1.807) is 7.11 Å². The lowest BCUT2D eigenvalue weighted by atomic mass is 10.1. The van der Waals surface area contributed by atoms with Gasteiger partial charge in [-0.05, 0) is 26.3 Å². The third-order valence-electron chi connectivity index (χ3n) is 2.64. The number of ether oxygens (including phenoxy) is 1. The van der Waals surface area contributed by atoms with Crippen LogP contribution >= 0.6 is 0 Å². The van der Waals surface area contributed by atoms with E-state index < -0.39 is 0 Å². The molecule has 2 atom stereocenters. The van der Waals surface area contributed by atoms with Crippen molar-refractivity contribution in [1.82, 2.24) is 9.97 Å². The number of aromatic nitrogens is 2. The zero-order valence-corrected chi connectivity index (χ0v) is 10.5. The van der Waals surface area contributed by atoms with Crippen molar-refractivity contribution in [2.45, 2.75) is 45.8 Å². The lowest BCUT2D eigenvalue weighted by Crippen LogP contribution is -2.22. The van der Waals surface area contributed by atoms with Gasteiger partial charge < -0.3 is 10.5 Å². The predicted octanol–water partition coefficient (Wildman–Crippen LogP) is 1.77. The van der Waals surface area contributed by atoms with Gasteiger partial charge in [-0.2, -0.15) is 0 Å². The van der Waals surface area contributed by atoms with Crippen LogP contribution in [0.1, 0.15) is 43.6 Å². The molecule has 0 spiro atoms. The summed E-state index contributed by atoms with van der Waals surface area (Å²) in [5, 5.41) is 0. The van der Waals surface area contributed by atoms with E-state index >= 15 is 0 Å². The van der Waals surface area contributed by atoms with E-state index in [1.807, 2.05) is 19.9 Å². The average molecular weight is 223 g/mol. The molecule has 2 unspecified atom stereocenters. The Kier molecular flexibility index (Phi) is 4.83. The molecule has 1 rings (SSSR count). The maximum atomic E-state index is 5.92. The summed E-state index contributed by atoms with van der Waals surface area (Å²) in [4.78, 5) is 8.84. The fourth-order valence-electron chi connectivity index (χ4n) is 1.46. The highest BCUT2D eigenvalue weighted by Crippen LogP contribution is 2.13. The number of hydrogen-bond donors (Lipinski definition) is 1. The molecular weight excluding hydrogens is 202 g/mol. The van der Waals surface area contributed by atoms with Gasteiger partial charge in [0.2, 0.25) is 0 Å². The maximum absolute atomic E-state index is 5.92. The molecule has 4 nitrogen and oxygen atoms in total. The van der Waals surface area contributed by atoms with E-state index in [0.29, 0.717) is 0 Å². The van der Waals surface area contributed by atoms with Gasteiger partial charge in [0.05, 0.1) is 0 Å². The molecule has 0 saturated heterocycles. The first-order valence-corrected chi connectivity index (χ1v) is 5.69. The van der Waals surface area contributed by atoms with Crippen molar-refractivity contribution in [3.63, 3.8) is 0 Å². The first-order chi connectivity index (χ1) is 7.56. The zero-order chi connectivity index (χ0) is 12.1.